The molecule has 0 amide bonds. The summed E-state index contributed by atoms with van der Waals surface area (Å²) in [4.78, 5) is 0. The molecular weight excluding hydrogens is 686 g/mol. The molecule has 4 heteroatoms. The summed E-state index contributed by atoms with van der Waals surface area (Å²) in [7, 11) is 5.19. The summed E-state index contributed by atoms with van der Waals surface area (Å²) in [5.41, 5.74) is 0. The Kier molecular flexibility index (Phi) is 29.2. The molecule has 0 aliphatic rings. The molecule has 0 aliphatic heterocycles. The van der Waals surface area contributed by atoms with Crippen molar-refractivity contribution in [3.63, 3.8) is 0 Å². The van der Waals surface area contributed by atoms with Crippen LogP contribution in [0.3, 0.4) is 0 Å². The van der Waals surface area contributed by atoms with Gasteiger partial charge < -0.3 is 0 Å². The standard InChI is InChI=1S/C8H18S2.6C4H9.2Sn/c9-7-5-3-1-2-4-6-8-10;6*1-3-4-2;;/h9-10H,1-8H2;6*1,3-4H2,2H3;;/q;;;;;;;2*+1/p-2. The van der Waals surface area contributed by atoms with Crippen molar-refractivity contribution in [3.8, 4) is 0 Å². The van der Waals surface area contributed by atoms with Crippen molar-refractivity contribution >= 4 is 51.9 Å². The molecule has 0 radical (unpaired) electrons. The Morgan fingerprint density at radius 2 is 0.528 bits per heavy atom. The molecule has 0 unspecified atom stereocenters. The van der Waals surface area contributed by atoms with Crippen molar-refractivity contribution < 1.29 is 0 Å². The van der Waals surface area contributed by atoms with Crippen molar-refractivity contribution in [2.24, 2.45) is 0 Å². The second kappa shape index (κ2) is 27.5. The molecule has 0 N–H and O–H groups in total. The molecule has 0 rings (SSSR count). The van der Waals surface area contributed by atoms with Gasteiger partial charge in [-0.2, -0.15) is 0 Å². The number of rotatable bonds is 29. The first kappa shape index (κ1) is 38.3. The maximum absolute atomic E-state index is 2.60. The topological polar surface area (TPSA) is 0 Å². The van der Waals surface area contributed by atoms with E-state index in [2.05, 4.69) is 59.4 Å². The normalized spacial score (nSPS) is 12.5. The van der Waals surface area contributed by atoms with E-state index < -0.39 is 34.0 Å². The van der Waals surface area contributed by atoms with Crippen LogP contribution in [0.15, 0.2) is 0 Å². The first-order chi connectivity index (χ1) is 17.6. The van der Waals surface area contributed by atoms with Crippen LogP contribution in [0.4, 0.5) is 0 Å². The van der Waals surface area contributed by atoms with Crippen molar-refractivity contribution in [2.75, 3.05) is 11.5 Å². The Morgan fingerprint density at radius 1 is 0.306 bits per heavy atom. The molecule has 0 saturated heterocycles. The third-order valence-corrected chi connectivity index (χ3v) is 54.3. The molecule has 218 valence electrons. The van der Waals surface area contributed by atoms with Gasteiger partial charge in [-0.3, -0.25) is 0 Å². The minimum atomic E-state index is -1.93. The van der Waals surface area contributed by atoms with Gasteiger partial charge in [0.1, 0.15) is 0 Å². The summed E-state index contributed by atoms with van der Waals surface area (Å²) < 4.78 is 10.1. The summed E-state index contributed by atoms with van der Waals surface area (Å²) >= 11 is -3.86. The molecule has 0 aliphatic carbocycles. The van der Waals surface area contributed by atoms with Crippen molar-refractivity contribution in [2.45, 2.75) is 184 Å². The zero-order valence-electron chi connectivity index (χ0n) is 26.2. The fraction of sp³-hybridized carbons (Fsp3) is 1.00. The van der Waals surface area contributed by atoms with Crippen LogP contribution >= 0.6 is 17.9 Å². The summed E-state index contributed by atoms with van der Waals surface area (Å²) in [5, 5.41) is 0. The van der Waals surface area contributed by atoms with E-state index in [1.165, 1.54) is 127 Å². The van der Waals surface area contributed by atoms with E-state index in [4.69, 9.17) is 0 Å². The predicted molar refractivity (Wildman–Crippen MR) is 182 cm³/mol. The van der Waals surface area contributed by atoms with Gasteiger partial charge in [-0.15, -0.1) is 0 Å². The quantitative estimate of drug-likeness (QED) is 0.0551. The summed E-state index contributed by atoms with van der Waals surface area (Å²) in [5.74, 6) is 3.01. The molecule has 0 saturated carbocycles. The summed E-state index contributed by atoms with van der Waals surface area (Å²) in [6.07, 6.45) is 26.6. The van der Waals surface area contributed by atoms with Crippen molar-refractivity contribution in [1.29, 1.82) is 0 Å². The fourth-order valence-corrected chi connectivity index (χ4v) is 52.6. The number of hydrogen-bond acceptors (Lipinski definition) is 2. The van der Waals surface area contributed by atoms with Gasteiger partial charge in [0.25, 0.3) is 0 Å². The number of hydrogen-bond donors (Lipinski definition) is 0. The molecule has 0 aromatic heterocycles. The van der Waals surface area contributed by atoms with Crippen LogP contribution in [0.5, 0.6) is 0 Å². The van der Waals surface area contributed by atoms with Gasteiger partial charge in [0, 0.05) is 0 Å². The Hall–Kier alpha value is 2.30. The van der Waals surface area contributed by atoms with Gasteiger partial charge in [0.2, 0.25) is 0 Å². The maximum atomic E-state index is 2.60. The average molecular weight is 756 g/mol. The first-order valence-corrected chi connectivity index (χ1v) is 37.9. The molecule has 0 fully saturated rings. The van der Waals surface area contributed by atoms with Crippen LogP contribution in [-0.2, 0) is 0 Å². The van der Waals surface area contributed by atoms with Crippen LogP contribution in [0.2, 0.25) is 26.6 Å². The molecule has 36 heavy (non-hydrogen) atoms. The third-order valence-electron chi connectivity index (χ3n) is 8.27. The Morgan fingerprint density at radius 3 is 0.750 bits per heavy atom. The predicted octanol–water partition coefficient (Wildman–Crippen LogP) is 13.5. The van der Waals surface area contributed by atoms with E-state index in [0.717, 1.165) is 0 Å². The molecule has 0 nitrogen and oxygen atoms in total. The van der Waals surface area contributed by atoms with Crippen LogP contribution in [0.1, 0.15) is 157 Å². The molecular formula is C32H70S2Sn2. The fourth-order valence-electron chi connectivity index (χ4n) is 5.67. The molecule has 0 spiro atoms. The van der Waals surface area contributed by atoms with Crippen molar-refractivity contribution in [1.82, 2.24) is 0 Å². The van der Waals surface area contributed by atoms with E-state index in [1.807, 2.05) is 0 Å². The molecule has 0 bridgehead atoms. The van der Waals surface area contributed by atoms with Crippen LogP contribution in [0, 0.1) is 0 Å². The van der Waals surface area contributed by atoms with Crippen LogP contribution in [0.25, 0.3) is 0 Å². The van der Waals surface area contributed by atoms with Gasteiger partial charge in [0.05, 0.1) is 0 Å². The monoisotopic (exact) mass is 758 g/mol. The van der Waals surface area contributed by atoms with E-state index in [0.29, 0.717) is 0 Å². The van der Waals surface area contributed by atoms with Gasteiger partial charge in [-0.05, 0) is 0 Å². The molecule has 0 atom stereocenters. The third kappa shape index (κ3) is 20.2. The van der Waals surface area contributed by atoms with Crippen LogP contribution in [-0.4, -0.2) is 45.5 Å². The Balaban J connectivity index is 4.30. The zero-order chi connectivity index (χ0) is 26.8. The van der Waals surface area contributed by atoms with Crippen LogP contribution < -0.4 is 0 Å². The first-order valence-electron chi connectivity index (χ1n) is 16.8. The van der Waals surface area contributed by atoms with E-state index >= 15 is 0 Å². The second-order valence-corrected chi connectivity index (χ2v) is 51.8. The average Bonchev–Trinajstić information content (AvgIpc) is 2.90. The van der Waals surface area contributed by atoms with Gasteiger partial charge in [0.15, 0.2) is 0 Å². The van der Waals surface area contributed by atoms with Gasteiger partial charge in [-0.25, -0.2) is 0 Å². The number of unbranched alkanes of at least 4 members (excludes halogenated alkanes) is 11. The SMILES string of the molecule is CCC[CH2][Sn]([CH2]CCC)([CH2]CCC)[S]CCCCCCCC[S][Sn]([CH2]CCC)([CH2]CCC)[CH2]CCC. The van der Waals surface area contributed by atoms with Crippen molar-refractivity contribution in [3.05, 3.63) is 0 Å². The zero-order valence-corrected chi connectivity index (χ0v) is 33.5. The second-order valence-electron chi connectivity index (χ2n) is 11.8. The van der Waals surface area contributed by atoms with Gasteiger partial charge in [-0.1, -0.05) is 0 Å². The minimum absolute atomic E-state index is 1.41. The van der Waals surface area contributed by atoms with E-state index in [-0.39, 0.29) is 0 Å². The summed E-state index contributed by atoms with van der Waals surface area (Å²) in [6, 6.07) is 0. The Bertz CT molecular complexity index is 360. The van der Waals surface area contributed by atoms with Gasteiger partial charge >= 0.3 is 247 Å². The summed E-state index contributed by atoms with van der Waals surface area (Å²) in [6.45, 7) is 14.4. The molecule has 0 heterocycles. The van der Waals surface area contributed by atoms with E-state index in [1.54, 1.807) is 26.6 Å². The molecule has 0 aromatic carbocycles. The molecule has 0 aromatic rings. The van der Waals surface area contributed by atoms with E-state index in [9.17, 15) is 0 Å². The Labute approximate surface area is 244 Å².